The van der Waals surface area contributed by atoms with Gasteiger partial charge in [-0.25, -0.2) is 9.59 Å². The summed E-state index contributed by atoms with van der Waals surface area (Å²) >= 11 is 0. The molecule has 0 bridgehead atoms. The molecule has 4 heteroatoms. The largest absolute Gasteiger partial charge is 0.237 e. The van der Waals surface area contributed by atoms with Crippen LogP contribution in [0, 0.1) is 17.3 Å². The lowest BCUT2D eigenvalue weighted by atomic mass is 9.54. The Kier molecular flexibility index (Phi) is 11.8. The van der Waals surface area contributed by atoms with E-state index >= 15 is 0 Å². The number of hydrogen-bond donors (Lipinski definition) is 0. The van der Waals surface area contributed by atoms with E-state index < -0.39 is 5.66 Å². The van der Waals surface area contributed by atoms with Crippen molar-refractivity contribution in [2.45, 2.75) is 142 Å². The number of isocyanates is 2. The van der Waals surface area contributed by atoms with Crippen molar-refractivity contribution >= 4 is 12.2 Å². The van der Waals surface area contributed by atoms with Crippen molar-refractivity contribution in [1.82, 2.24) is 0 Å². The van der Waals surface area contributed by atoms with Crippen LogP contribution in [0.3, 0.4) is 0 Å². The van der Waals surface area contributed by atoms with Gasteiger partial charge in [0.05, 0.1) is 0 Å². The summed E-state index contributed by atoms with van der Waals surface area (Å²) in [4.78, 5) is 32.3. The molecule has 31 heavy (non-hydrogen) atoms. The summed E-state index contributed by atoms with van der Waals surface area (Å²) in [5.41, 5.74) is -0.794. The summed E-state index contributed by atoms with van der Waals surface area (Å²) in [5, 5.41) is 0. The predicted molar refractivity (Wildman–Crippen MR) is 127 cm³/mol. The average Bonchev–Trinajstić information content (AvgIpc) is 2.80. The van der Waals surface area contributed by atoms with E-state index in [-0.39, 0.29) is 17.3 Å². The predicted octanol–water partition coefficient (Wildman–Crippen LogP) is 8.05. The minimum absolute atomic E-state index is 0.137. The Labute approximate surface area is 190 Å². The SMILES string of the molecule is CCCCCCC1(CCCCCC)CCCCC1C(N=C=O)(N=C=O)C1CCCCC1. The Morgan fingerprint density at radius 2 is 1.29 bits per heavy atom. The minimum Gasteiger partial charge on any atom is -0.211 e. The van der Waals surface area contributed by atoms with Gasteiger partial charge in [-0.05, 0) is 43.9 Å². The molecule has 2 aliphatic carbocycles. The van der Waals surface area contributed by atoms with Gasteiger partial charge in [0.1, 0.15) is 0 Å². The van der Waals surface area contributed by atoms with Crippen LogP contribution in [0.15, 0.2) is 9.98 Å². The van der Waals surface area contributed by atoms with Crippen LogP contribution in [-0.2, 0) is 9.59 Å². The molecule has 2 aliphatic rings. The number of nitrogens with zero attached hydrogens (tertiary/aromatic N) is 2. The lowest BCUT2D eigenvalue weighted by Crippen LogP contribution is -2.52. The van der Waals surface area contributed by atoms with Crippen molar-refractivity contribution in [2.24, 2.45) is 27.2 Å². The molecule has 0 aromatic heterocycles. The molecule has 0 spiro atoms. The maximum Gasteiger partial charge on any atom is 0.237 e. The third-order valence-electron chi connectivity index (χ3n) is 8.38. The van der Waals surface area contributed by atoms with Crippen LogP contribution in [0.1, 0.15) is 136 Å². The number of rotatable bonds is 14. The van der Waals surface area contributed by atoms with Gasteiger partial charge in [-0.15, -0.1) is 0 Å². The monoisotopic (exact) mass is 430 g/mol. The summed E-state index contributed by atoms with van der Waals surface area (Å²) in [5.74, 6) is 0.348. The van der Waals surface area contributed by atoms with Crippen molar-refractivity contribution in [2.75, 3.05) is 0 Å². The average molecular weight is 431 g/mol. The number of hydrogen-bond acceptors (Lipinski definition) is 4. The molecule has 4 nitrogen and oxygen atoms in total. The summed E-state index contributed by atoms with van der Waals surface area (Å²) in [6.45, 7) is 4.52. The maximum atomic E-state index is 11.7. The molecule has 0 aromatic rings. The van der Waals surface area contributed by atoms with Crippen LogP contribution >= 0.6 is 0 Å². The molecule has 176 valence electrons. The Morgan fingerprint density at radius 3 is 1.81 bits per heavy atom. The van der Waals surface area contributed by atoms with E-state index in [0.29, 0.717) is 0 Å². The fourth-order valence-corrected chi connectivity index (χ4v) is 6.82. The lowest BCUT2D eigenvalue weighted by molar-refractivity contribution is -0.0173. The molecular weight excluding hydrogens is 384 g/mol. The van der Waals surface area contributed by atoms with Crippen molar-refractivity contribution < 1.29 is 9.59 Å². The molecule has 0 N–H and O–H groups in total. The van der Waals surface area contributed by atoms with Gasteiger partial charge >= 0.3 is 0 Å². The smallest absolute Gasteiger partial charge is 0.211 e. The molecular formula is C27H46N2O2. The van der Waals surface area contributed by atoms with Crippen LogP contribution in [0.25, 0.3) is 0 Å². The Balaban J connectivity index is 2.42. The number of unbranched alkanes of at least 4 members (excludes halogenated alkanes) is 6. The van der Waals surface area contributed by atoms with Crippen LogP contribution in [0.5, 0.6) is 0 Å². The molecule has 1 unspecified atom stereocenters. The molecule has 2 fully saturated rings. The molecule has 0 saturated heterocycles. The highest BCUT2D eigenvalue weighted by molar-refractivity contribution is 5.40. The maximum absolute atomic E-state index is 11.7. The van der Waals surface area contributed by atoms with Crippen molar-refractivity contribution in [3.05, 3.63) is 0 Å². The highest BCUT2D eigenvalue weighted by Crippen LogP contribution is 2.57. The second kappa shape index (κ2) is 14.0. The van der Waals surface area contributed by atoms with Crippen molar-refractivity contribution in [3.8, 4) is 0 Å². The molecule has 1 atom stereocenters. The summed E-state index contributed by atoms with van der Waals surface area (Å²) in [6.07, 6.45) is 26.3. The third kappa shape index (κ3) is 6.87. The fourth-order valence-electron chi connectivity index (χ4n) is 6.82. The highest BCUT2D eigenvalue weighted by atomic mass is 16.1. The molecule has 2 saturated carbocycles. The summed E-state index contributed by atoms with van der Waals surface area (Å²) in [7, 11) is 0. The first-order valence-electron chi connectivity index (χ1n) is 13.4. The van der Waals surface area contributed by atoms with E-state index in [1.807, 2.05) is 12.2 Å². The second-order valence-electron chi connectivity index (χ2n) is 10.3. The quantitative estimate of drug-likeness (QED) is 0.159. The summed E-state index contributed by atoms with van der Waals surface area (Å²) < 4.78 is 0. The highest BCUT2D eigenvalue weighted by Gasteiger charge is 2.55. The van der Waals surface area contributed by atoms with Gasteiger partial charge in [0, 0.05) is 11.8 Å². The Morgan fingerprint density at radius 1 is 0.742 bits per heavy atom. The molecule has 0 radical (unpaired) electrons. The van der Waals surface area contributed by atoms with E-state index in [2.05, 4.69) is 23.8 Å². The van der Waals surface area contributed by atoms with Gasteiger partial charge in [0.2, 0.25) is 12.2 Å². The normalized spacial score (nSPS) is 23.4. The molecule has 0 heterocycles. The van der Waals surface area contributed by atoms with Crippen molar-refractivity contribution in [3.63, 3.8) is 0 Å². The number of carbonyl (C=O) groups excluding carboxylic acids is 2. The van der Waals surface area contributed by atoms with Crippen LogP contribution < -0.4 is 0 Å². The van der Waals surface area contributed by atoms with Gasteiger partial charge in [-0.2, -0.15) is 9.98 Å². The Hall–Kier alpha value is -1.24. The topological polar surface area (TPSA) is 58.9 Å². The standard InChI is InChI=1S/C27H46N2O2/c1-3-5-7-13-19-26(20-14-8-6-4-2)21-15-12-18-25(26)27(28-22-30,29-23-31)24-16-10-9-11-17-24/h24-25H,3-21H2,1-2H3. The summed E-state index contributed by atoms with van der Waals surface area (Å²) in [6, 6.07) is 0. The molecule has 2 rings (SSSR count). The lowest BCUT2D eigenvalue weighted by Gasteiger charge is -2.52. The molecule has 0 amide bonds. The fraction of sp³-hybridized carbons (Fsp3) is 0.926. The van der Waals surface area contributed by atoms with Crippen LogP contribution in [0.2, 0.25) is 0 Å². The third-order valence-corrected chi connectivity index (χ3v) is 8.38. The zero-order valence-electron chi connectivity index (χ0n) is 20.3. The van der Waals surface area contributed by atoms with E-state index in [1.165, 1.54) is 83.5 Å². The van der Waals surface area contributed by atoms with Gasteiger partial charge in [-0.1, -0.05) is 97.3 Å². The number of aliphatic imine (C=N–C) groups is 2. The first-order valence-corrected chi connectivity index (χ1v) is 13.4. The first kappa shape index (κ1) is 26.0. The van der Waals surface area contributed by atoms with Gasteiger partial charge in [-0.3, -0.25) is 0 Å². The second-order valence-corrected chi connectivity index (χ2v) is 10.3. The zero-order chi connectivity index (χ0) is 22.4. The van der Waals surface area contributed by atoms with E-state index in [4.69, 9.17) is 0 Å². The van der Waals surface area contributed by atoms with Crippen molar-refractivity contribution in [1.29, 1.82) is 0 Å². The van der Waals surface area contributed by atoms with E-state index in [0.717, 1.165) is 38.5 Å². The Bertz CT molecular complexity index is 568. The first-order chi connectivity index (χ1) is 15.2. The van der Waals surface area contributed by atoms with Gasteiger partial charge in [0.15, 0.2) is 5.66 Å². The van der Waals surface area contributed by atoms with Gasteiger partial charge < -0.3 is 0 Å². The minimum atomic E-state index is -0.931. The van der Waals surface area contributed by atoms with Gasteiger partial charge in [0.25, 0.3) is 0 Å². The molecule has 0 aliphatic heterocycles. The van der Waals surface area contributed by atoms with E-state index in [1.54, 1.807) is 0 Å². The zero-order valence-corrected chi connectivity index (χ0v) is 20.3. The van der Waals surface area contributed by atoms with E-state index in [9.17, 15) is 9.59 Å². The van der Waals surface area contributed by atoms with Crippen LogP contribution in [-0.4, -0.2) is 17.8 Å². The van der Waals surface area contributed by atoms with Crippen LogP contribution in [0.4, 0.5) is 0 Å². The molecule has 0 aromatic carbocycles.